The number of rotatable bonds is 4. The van der Waals surface area contributed by atoms with E-state index in [1.54, 1.807) is 6.20 Å². The second kappa shape index (κ2) is 7.11. The largest absolute Gasteiger partial charge is 0.382 e. The fourth-order valence-corrected chi connectivity index (χ4v) is 4.92. The van der Waals surface area contributed by atoms with Crippen LogP contribution >= 0.6 is 0 Å². The van der Waals surface area contributed by atoms with Crippen molar-refractivity contribution in [2.24, 2.45) is 5.92 Å². The number of nitrogens with zero attached hydrogens (tertiary/aromatic N) is 3. The Kier molecular flexibility index (Phi) is 4.23. The van der Waals surface area contributed by atoms with E-state index in [4.69, 9.17) is 10.7 Å². The summed E-state index contributed by atoms with van der Waals surface area (Å²) in [6, 6.07) is 10.7. The molecule has 2 aliphatic carbocycles. The Morgan fingerprint density at radius 3 is 2.71 bits per heavy atom. The molecule has 0 bridgehead atoms. The molecule has 31 heavy (non-hydrogen) atoms. The predicted molar refractivity (Wildman–Crippen MR) is 121 cm³/mol. The number of aromatic nitrogens is 4. The highest BCUT2D eigenvalue weighted by Gasteiger charge is 2.33. The second-order valence-corrected chi connectivity index (χ2v) is 8.95. The Bertz CT molecular complexity index is 1240. The van der Waals surface area contributed by atoms with Gasteiger partial charge in [-0.2, -0.15) is 0 Å². The molecule has 2 saturated carbocycles. The van der Waals surface area contributed by atoms with Gasteiger partial charge >= 0.3 is 0 Å². The zero-order valence-electron chi connectivity index (χ0n) is 17.3. The van der Waals surface area contributed by atoms with Crippen LogP contribution in [0.2, 0.25) is 0 Å². The molecular formula is C24H26N6O. The molecule has 0 aliphatic heterocycles. The van der Waals surface area contributed by atoms with Crippen LogP contribution in [0.1, 0.15) is 50.3 Å². The first-order chi connectivity index (χ1) is 15.2. The quantitative estimate of drug-likeness (QED) is 0.470. The van der Waals surface area contributed by atoms with Crippen molar-refractivity contribution in [1.82, 2.24) is 24.7 Å². The smallest absolute Gasteiger partial charge is 0.223 e. The van der Waals surface area contributed by atoms with Gasteiger partial charge in [-0.1, -0.05) is 18.2 Å². The van der Waals surface area contributed by atoms with Gasteiger partial charge < -0.3 is 16.0 Å². The van der Waals surface area contributed by atoms with Crippen LogP contribution in [0.4, 0.5) is 5.82 Å². The third-order valence-electron chi connectivity index (χ3n) is 6.78. The van der Waals surface area contributed by atoms with Crippen molar-refractivity contribution in [2.75, 3.05) is 5.73 Å². The number of carbonyl (C=O) groups excluding carboxylic acids is 1. The van der Waals surface area contributed by atoms with Crippen molar-refractivity contribution in [2.45, 2.75) is 50.5 Å². The van der Waals surface area contributed by atoms with E-state index in [1.165, 1.54) is 0 Å². The lowest BCUT2D eigenvalue weighted by atomic mass is 9.81. The van der Waals surface area contributed by atoms with Gasteiger partial charge in [0.05, 0.1) is 5.69 Å². The molecule has 0 atom stereocenters. The summed E-state index contributed by atoms with van der Waals surface area (Å²) in [5.41, 5.74) is 10.0. The van der Waals surface area contributed by atoms with E-state index in [0.717, 1.165) is 72.2 Å². The number of H-pyrrole nitrogens is 1. The first kappa shape index (κ1) is 18.4. The number of amides is 1. The molecule has 7 nitrogen and oxygen atoms in total. The van der Waals surface area contributed by atoms with Crippen molar-refractivity contribution in [1.29, 1.82) is 0 Å². The Labute approximate surface area is 180 Å². The van der Waals surface area contributed by atoms with Gasteiger partial charge in [0.15, 0.2) is 0 Å². The van der Waals surface area contributed by atoms with Crippen molar-refractivity contribution in [3.63, 3.8) is 0 Å². The topological polar surface area (TPSA) is 101 Å². The molecule has 2 aliphatic rings. The first-order valence-electron chi connectivity index (χ1n) is 11.2. The molecule has 2 fully saturated rings. The molecule has 7 heteroatoms. The summed E-state index contributed by atoms with van der Waals surface area (Å²) < 4.78 is 2.10. The van der Waals surface area contributed by atoms with E-state index in [-0.39, 0.29) is 11.8 Å². The number of fused-ring (bicyclic) bond motifs is 2. The number of hydrogen-bond acceptors (Lipinski definition) is 4. The van der Waals surface area contributed by atoms with Crippen LogP contribution in [0.5, 0.6) is 0 Å². The van der Waals surface area contributed by atoms with Crippen LogP contribution in [-0.2, 0) is 4.79 Å². The summed E-state index contributed by atoms with van der Waals surface area (Å²) in [7, 11) is 0. The van der Waals surface area contributed by atoms with E-state index in [9.17, 15) is 4.79 Å². The molecule has 3 aromatic heterocycles. The normalized spacial score (nSPS) is 21.5. The first-order valence-corrected chi connectivity index (χ1v) is 11.2. The van der Waals surface area contributed by atoms with Crippen LogP contribution in [0.25, 0.3) is 27.8 Å². The van der Waals surface area contributed by atoms with Crippen molar-refractivity contribution >= 4 is 28.1 Å². The average molecular weight is 415 g/mol. The van der Waals surface area contributed by atoms with Crippen LogP contribution in [0.3, 0.4) is 0 Å². The Balaban J connectivity index is 1.34. The molecule has 1 aromatic carbocycles. The summed E-state index contributed by atoms with van der Waals surface area (Å²) in [6.07, 6.45) is 9.66. The lowest BCUT2D eigenvalue weighted by molar-refractivity contribution is -0.126. The van der Waals surface area contributed by atoms with Crippen LogP contribution in [0, 0.1) is 5.92 Å². The van der Waals surface area contributed by atoms with Crippen LogP contribution < -0.4 is 11.1 Å². The number of benzene rings is 1. The van der Waals surface area contributed by atoms with Crippen molar-refractivity contribution < 1.29 is 4.79 Å². The fraction of sp³-hybridized carbons (Fsp3) is 0.375. The molecule has 4 aromatic rings. The summed E-state index contributed by atoms with van der Waals surface area (Å²) in [5, 5.41) is 4.31. The number of hydrogen-bond donors (Lipinski definition) is 3. The number of nitrogen functional groups attached to an aromatic ring is 1. The van der Waals surface area contributed by atoms with Gasteiger partial charge in [-0.3, -0.25) is 9.20 Å². The Morgan fingerprint density at radius 1 is 1.13 bits per heavy atom. The van der Waals surface area contributed by atoms with E-state index >= 15 is 0 Å². The Morgan fingerprint density at radius 2 is 1.94 bits per heavy atom. The summed E-state index contributed by atoms with van der Waals surface area (Å²) >= 11 is 0. The van der Waals surface area contributed by atoms with E-state index < -0.39 is 0 Å². The van der Waals surface area contributed by atoms with Gasteiger partial charge in [0.1, 0.15) is 22.9 Å². The zero-order chi connectivity index (χ0) is 20.9. The summed E-state index contributed by atoms with van der Waals surface area (Å²) in [6.45, 7) is 0. The van der Waals surface area contributed by atoms with Crippen LogP contribution in [0.15, 0.2) is 42.7 Å². The summed E-state index contributed by atoms with van der Waals surface area (Å²) in [4.78, 5) is 25.3. The maximum absolute atomic E-state index is 12.5. The number of para-hydroxylation sites is 1. The fourth-order valence-electron chi connectivity index (χ4n) is 4.92. The number of nitrogens with two attached hydrogens (primary N) is 1. The SMILES string of the molecule is Nc1nccn2c1c(-c1cc3ccccc3[nH]1)nc2[C@H]1CC[C@H](C(=O)NC2CC2)CC1. The molecule has 4 N–H and O–H groups in total. The van der Waals surface area contributed by atoms with Crippen molar-refractivity contribution in [3.05, 3.63) is 48.5 Å². The number of aromatic amines is 1. The maximum Gasteiger partial charge on any atom is 0.223 e. The number of nitrogens with one attached hydrogen (secondary N) is 2. The molecule has 1 amide bonds. The van der Waals surface area contributed by atoms with Crippen molar-refractivity contribution in [3.8, 4) is 11.4 Å². The molecule has 3 heterocycles. The minimum Gasteiger partial charge on any atom is -0.382 e. The number of imidazole rings is 1. The van der Waals surface area contributed by atoms with E-state index in [1.807, 2.05) is 18.3 Å². The standard InChI is InChI=1S/C24H26N6O/c25-22-21-20(19-13-16-3-1-2-4-18(16)28-19)29-23(30(21)12-11-26-22)14-5-7-15(8-6-14)24(31)27-17-9-10-17/h1-4,11-15,17,28H,5-10H2,(H2,25,26)(H,27,31)/t14-,15-. The summed E-state index contributed by atoms with van der Waals surface area (Å²) in [5.74, 6) is 2.16. The number of anilines is 1. The third-order valence-corrected chi connectivity index (χ3v) is 6.78. The van der Waals surface area contributed by atoms with Gasteiger partial charge in [0.2, 0.25) is 5.91 Å². The minimum atomic E-state index is 0.128. The molecule has 158 valence electrons. The number of carbonyl (C=O) groups is 1. The molecular weight excluding hydrogens is 388 g/mol. The van der Waals surface area contributed by atoms with Gasteiger partial charge in [-0.15, -0.1) is 0 Å². The van der Waals surface area contributed by atoms with E-state index in [0.29, 0.717) is 17.8 Å². The van der Waals surface area contributed by atoms with Crippen LogP contribution in [-0.4, -0.2) is 31.3 Å². The third kappa shape index (κ3) is 3.24. The lowest BCUT2D eigenvalue weighted by Crippen LogP contribution is -2.34. The zero-order valence-corrected chi connectivity index (χ0v) is 17.3. The lowest BCUT2D eigenvalue weighted by Gasteiger charge is -2.27. The molecule has 6 rings (SSSR count). The van der Waals surface area contributed by atoms with Gasteiger partial charge in [0.25, 0.3) is 0 Å². The highest BCUT2D eigenvalue weighted by atomic mass is 16.2. The maximum atomic E-state index is 12.5. The second-order valence-electron chi connectivity index (χ2n) is 8.95. The van der Waals surface area contributed by atoms with Gasteiger partial charge in [0, 0.05) is 41.2 Å². The van der Waals surface area contributed by atoms with E-state index in [2.05, 4.69) is 37.9 Å². The molecule has 0 unspecified atom stereocenters. The molecule has 0 saturated heterocycles. The van der Waals surface area contributed by atoms with Gasteiger partial charge in [-0.25, -0.2) is 9.97 Å². The predicted octanol–water partition coefficient (Wildman–Crippen LogP) is 4.01. The Hall–Kier alpha value is -3.35. The van der Waals surface area contributed by atoms with Gasteiger partial charge in [-0.05, 0) is 50.7 Å². The highest BCUT2D eigenvalue weighted by molar-refractivity contribution is 5.91. The highest BCUT2D eigenvalue weighted by Crippen LogP contribution is 2.39. The minimum absolute atomic E-state index is 0.128. The average Bonchev–Trinajstić information content (AvgIpc) is 3.35. The monoisotopic (exact) mass is 414 g/mol. The molecule has 0 spiro atoms. The molecule has 0 radical (unpaired) electrons.